The third kappa shape index (κ3) is 6.82. The minimum Gasteiger partial charge on any atom is -0.543 e. The minimum atomic E-state index is -5.18. The Labute approximate surface area is 233 Å². The number of methoxy groups -OCH3 is 1. The van der Waals surface area contributed by atoms with Crippen molar-refractivity contribution in [2.45, 2.75) is 57.5 Å². The van der Waals surface area contributed by atoms with Gasteiger partial charge in [-0.3, -0.25) is 4.79 Å². The van der Waals surface area contributed by atoms with Gasteiger partial charge in [-0.05, 0) is 82.7 Å². The van der Waals surface area contributed by atoms with Crippen molar-refractivity contribution < 1.29 is 41.1 Å². The lowest BCUT2D eigenvalue weighted by atomic mass is 10.0. The van der Waals surface area contributed by atoms with E-state index in [1.165, 1.54) is 6.26 Å². The zero-order valence-electron chi connectivity index (χ0n) is 21.8. The smallest absolute Gasteiger partial charge is 0.471 e. The first-order valence-corrected chi connectivity index (χ1v) is 15.6. The molecule has 0 aliphatic heterocycles. The molecule has 12 heteroatoms. The number of carbonyl (C=O) groups excluding carboxylic acids is 2. The maximum absolute atomic E-state index is 13.0. The Morgan fingerprint density at radius 3 is 2.29 bits per heavy atom. The Kier molecular flexibility index (Phi) is 8.76. The molecule has 0 unspecified atom stereocenters. The van der Waals surface area contributed by atoms with Gasteiger partial charge in [0, 0.05) is 9.99 Å². The van der Waals surface area contributed by atoms with Gasteiger partial charge in [0.05, 0.1) is 18.8 Å². The molecule has 0 saturated carbocycles. The summed E-state index contributed by atoms with van der Waals surface area (Å²) in [5, 5.41) is 2.05. The largest absolute Gasteiger partial charge is 0.543 e. The molecule has 3 aromatic rings. The number of amides is 1. The predicted molar refractivity (Wildman–Crippen MR) is 147 cm³/mol. The number of hydrogen-bond acceptors (Lipinski definition) is 6. The Bertz CT molecular complexity index is 1320. The molecule has 0 bridgehead atoms. The fourth-order valence-electron chi connectivity index (χ4n) is 3.32. The van der Waals surface area contributed by atoms with Gasteiger partial charge in [-0.2, -0.15) is 13.2 Å². The van der Waals surface area contributed by atoms with Crippen LogP contribution in [0.15, 0.2) is 47.1 Å². The molecule has 1 N–H and O–H groups in total. The lowest BCUT2D eigenvalue weighted by molar-refractivity contribution is -0.175. The number of hydrogen-bond donors (Lipinski definition) is 1. The van der Waals surface area contributed by atoms with Crippen LogP contribution in [0.1, 0.15) is 26.3 Å². The number of rotatable bonds is 8. The van der Waals surface area contributed by atoms with Gasteiger partial charge in [-0.1, -0.05) is 20.8 Å². The van der Waals surface area contributed by atoms with Crippen LogP contribution in [0.5, 0.6) is 17.2 Å². The SMILES string of the molecule is COC(=O)[C@H](Cc1cc(Oc2ccc(I)cc2)c2occc2c1O[Si](C)(C)C(C)(C)C)NC(=O)C(F)(F)F. The van der Waals surface area contributed by atoms with Gasteiger partial charge in [0.15, 0.2) is 11.3 Å². The van der Waals surface area contributed by atoms with Crippen molar-refractivity contribution in [3.63, 3.8) is 0 Å². The number of nitrogens with one attached hydrogen (secondary N) is 1. The number of furan rings is 1. The number of fused-ring (bicyclic) bond motifs is 1. The molecule has 7 nitrogen and oxygen atoms in total. The molecule has 1 atom stereocenters. The fraction of sp³-hybridized carbons (Fsp3) is 0.385. The maximum atomic E-state index is 13.0. The highest BCUT2D eigenvalue weighted by atomic mass is 127. The Morgan fingerprint density at radius 2 is 1.74 bits per heavy atom. The van der Waals surface area contributed by atoms with Crippen molar-refractivity contribution in [2.24, 2.45) is 0 Å². The molecule has 1 aromatic heterocycles. The Morgan fingerprint density at radius 1 is 1.11 bits per heavy atom. The van der Waals surface area contributed by atoms with E-state index in [2.05, 4.69) is 22.6 Å². The molecule has 0 aliphatic carbocycles. The first kappa shape index (κ1) is 29.8. The molecule has 38 heavy (non-hydrogen) atoms. The summed E-state index contributed by atoms with van der Waals surface area (Å²) in [7, 11) is -1.45. The van der Waals surface area contributed by atoms with Crippen molar-refractivity contribution >= 4 is 53.8 Å². The first-order chi connectivity index (χ1) is 17.5. The fourth-order valence-corrected chi connectivity index (χ4v) is 4.74. The number of alkyl halides is 3. The van der Waals surface area contributed by atoms with Gasteiger partial charge in [-0.15, -0.1) is 0 Å². The second kappa shape index (κ2) is 11.2. The maximum Gasteiger partial charge on any atom is 0.471 e. The summed E-state index contributed by atoms with van der Waals surface area (Å²) in [6.45, 7) is 10.2. The van der Waals surface area contributed by atoms with Gasteiger partial charge in [-0.25, -0.2) is 4.79 Å². The average molecular weight is 664 g/mol. The Hall–Kier alpha value is -2.74. The number of halogens is 4. The quantitative estimate of drug-likeness (QED) is 0.159. The molecular weight excluding hydrogens is 634 g/mol. The van der Waals surface area contributed by atoms with E-state index < -0.39 is 32.4 Å². The zero-order chi connectivity index (χ0) is 28.5. The summed E-state index contributed by atoms with van der Waals surface area (Å²) >= 11 is 2.16. The van der Waals surface area contributed by atoms with Crippen LogP contribution >= 0.6 is 22.6 Å². The number of ether oxygens (including phenoxy) is 2. The molecule has 0 aliphatic rings. The summed E-state index contributed by atoms with van der Waals surface area (Å²) in [6.07, 6.45) is -4.07. The number of carbonyl (C=O) groups is 2. The van der Waals surface area contributed by atoms with Gasteiger partial charge in [0.2, 0.25) is 0 Å². The second-order valence-corrected chi connectivity index (χ2v) is 16.2. The van der Waals surface area contributed by atoms with Crippen molar-refractivity contribution in [1.29, 1.82) is 0 Å². The van der Waals surface area contributed by atoms with Crippen LogP contribution in [0.25, 0.3) is 11.0 Å². The molecule has 0 saturated heterocycles. The van der Waals surface area contributed by atoms with E-state index in [9.17, 15) is 22.8 Å². The van der Waals surface area contributed by atoms with Gasteiger partial charge in [0.25, 0.3) is 8.32 Å². The van der Waals surface area contributed by atoms with Gasteiger partial charge in [0.1, 0.15) is 17.5 Å². The van der Waals surface area contributed by atoms with Crippen LogP contribution in [0.2, 0.25) is 18.1 Å². The van der Waals surface area contributed by atoms with Crippen LogP contribution in [-0.2, 0) is 20.7 Å². The standard InChI is InChI=1S/C26H29F3INO6Si/c1-25(2,3)38(5,6)37-21-15(13-19(23(32)34-4)31-24(33)26(27,28)29)14-20(22-18(21)11-12-35-22)36-17-9-7-16(30)8-10-17/h7-12,14,19H,13H2,1-6H3,(H,31,33)/t19-/m0/s1. The summed E-state index contributed by atoms with van der Waals surface area (Å²) in [5.41, 5.74) is 0.720. The van der Waals surface area contributed by atoms with Crippen LogP contribution in [0.4, 0.5) is 13.2 Å². The molecular formula is C26H29F3INO6Si. The van der Waals surface area contributed by atoms with E-state index in [1.807, 2.05) is 46.0 Å². The van der Waals surface area contributed by atoms with E-state index in [4.69, 9.17) is 18.3 Å². The molecule has 2 aromatic carbocycles. The summed E-state index contributed by atoms with van der Waals surface area (Å²) < 4.78 is 63.2. The highest BCUT2D eigenvalue weighted by molar-refractivity contribution is 14.1. The molecule has 3 rings (SSSR count). The Balaban J connectivity index is 2.17. The van der Waals surface area contributed by atoms with E-state index in [1.54, 1.807) is 29.6 Å². The lowest BCUT2D eigenvalue weighted by Crippen LogP contribution is -2.48. The summed E-state index contributed by atoms with van der Waals surface area (Å²) in [4.78, 5) is 24.2. The monoisotopic (exact) mass is 663 g/mol. The minimum absolute atomic E-state index is 0.219. The summed E-state index contributed by atoms with van der Waals surface area (Å²) in [6, 6.07) is 8.82. The highest BCUT2D eigenvalue weighted by Crippen LogP contribution is 2.44. The van der Waals surface area contributed by atoms with Crippen molar-refractivity contribution in [3.05, 3.63) is 51.8 Å². The van der Waals surface area contributed by atoms with E-state index in [0.29, 0.717) is 28.0 Å². The van der Waals surface area contributed by atoms with Crippen molar-refractivity contribution in [3.8, 4) is 17.2 Å². The normalized spacial score (nSPS) is 13.2. The van der Waals surface area contributed by atoms with E-state index >= 15 is 0 Å². The third-order valence-corrected chi connectivity index (χ3v) is 11.5. The van der Waals surface area contributed by atoms with E-state index in [0.717, 1.165) is 10.7 Å². The van der Waals surface area contributed by atoms with Crippen LogP contribution in [-0.4, -0.2) is 39.5 Å². The molecule has 0 radical (unpaired) electrons. The average Bonchev–Trinajstić information content (AvgIpc) is 3.30. The molecule has 0 fully saturated rings. The highest BCUT2D eigenvalue weighted by Gasteiger charge is 2.42. The topological polar surface area (TPSA) is 87.0 Å². The van der Waals surface area contributed by atoms with E-state index in [-0.39, 0.29) is 17.2 Å². The zero-order valence-corrected chi connectivity index (χ0v) is 24.9. The van der Waals surface area contributed by atoms with Crippen LogP contribution in [0.3, 0.4) is 0 Å². The summed E-state index contributed by atoms with van der Waals surface area (Å²) in [5.74, 6) is -2.16. The van der Waals surface area contributed by atoms with Gasteiger partial charge >= 0.3 is 18.1 Å². The number of benzene rings is 2. The second-order valence-electron chi connectivity index (χ2n) is 10.2. The molecule has 206 valence electrons. The molecule has 0 spiro atoms. The van der Waals surface area contributed by atoms with Crippen molar-refractivity contribution in [2.75, 3.05) is 7.11 Å². The lowest BCUT2D eigenvalue weighted by Gasteiger charge is -2.37. The number of esters is 1. The molecule has 1 heterocycles. The predicted octanol–water partition coefficient (Wildman–Crippen LogP) is 6.98. The molecule has 1 amide bonds. The van der Waals surface area contributed by atoms with Crippen LogP contribution in [0, 0.1) is 3.57 Å². The first-order valence-electron chi connectivity index (χ1n) is 11.6. The van der Waals surface area contributed by atoms with Crippen LogP contribution < -0.4 is 14.5 Å². The third-order valence-electron chi connectivity index (χ3n) is 6.41. The van der Waals surface area contributed by atoms with Gasteiger partial charge < -0.3 is 23.6 Å². The van der Waals surface area contributed by atoms with Crippen molar-refractivity contribution in [1.82, 2.24) is 5.32 Å².